The van der Waals surface area contributed by atoms with Gasteiger partial charge >= 0.3 is 5.97 Å². The van der Waals surface area contributed by atoms with Crippen molar-refractivity contribution in [3.63, 3.8) is 0 Å². The Morgan fingerprint density at radius 3 is 2.73 bits per heavy atom. The summed E-state index contributed by atoms with van der Waals surface area (Å²) < 4.78 is 4.87. The highest BCUT2D eigenvalue weighted by molar-refractivity contribution is 6.18. The molecule has 0 atom stereocenters. The summed E-state index contributed by atoms with van der Waals surface area (Å²) in [6.45, 7) is 1.73. The standard InChI is InChI=1S/C18H21N3O5/c1-4-26-18(25)14(17(24)19-11-22)10-20(2)13-6-7-15-12(9-13)5-8-16(23)21(15)3/h6-7,9-11H,4-5,8H2,1-3H3,(H,19,22,24)/b14-10+. The summed E-state index contributed by atoms with van der Waals surface area (Å²) in [5.41, 5.74) is 2.28. The molecule has 1 aliphatic rings. The van der Waals surface area contributed by atoms with Crippen molar-refractivity contribution in [1.29, 1.82) is 0 Å². The van der Waals surface area contributed by atoms with E-state index >= 15 is 0 Å². The van der Waals surface area contributed by atoms with E-state index in [9.17, 15) is 19.2 Å². The van der Waals surface area contributed by atoms with Crippen LogP contribution in [-0.2, 0) is 30.3 Å². The molecule has 0 fully saturated rings. The van der Waals surface area contributed by atoms with Crippen molar-refractivity contribution in [3.05, 3.63) is 35.5 Å². The summed E-state index contributed by atoms with van der Waals surface area (Å²) in [6.07, 6.45) is 2.58. The Hall–Kier alpha value is -3.16. The van der Waals surface area contributed by atoms with Crippen LogP contribution in [0.3, 0.4) is 0 Å². The molecule has 2 rings (SSSR count). The molecule has 0 saturated heterocycles. The third-order valence-corrected chi connectivity index (χ3v) is 4.07. The van der Waals surface area contributed by atoms with E-state index in [1.165, 1.54) is 6.20 Å². The van der Waals surface area contributed by atoms with Gasteiger partial charge in [-0.15, -0.1) is 0 Å². The monoisotopic (exact) mass is 359 g/mol. The first-order valence-corrected chi connectivity index (χ1v) is 8.14. The van der Waals surface area contributed by atoms with Crippen LogP contribution < -0.4 is 15.1 Å². The maximum Gasteiger partial charge on any atom is 0.345 e. The van der Waals surface area contributed by atoms with Gasteiger partial charge in [0.2, 0.25) is 12.3 Å². The second kappa shape index (κ2) is 8.28. The third kappa shape index (κ3) is 4.08. The highest BCUT2D eigenvalue weighted by atomic mass is 16.5. The number of rotatable bonds is 6. The maximum absolute atomic E-state index is 12.0. The van der Waals surface area contributed by atoms with Crippen LogP contribution in [0.5, 0.6) is 0 Å². The molecule has 8 nitrogen and oxygen atoms in total. The SMILES string of the molecule is CCOC(=O)/C(=C/N(C)c1ccc2c(c1)CCC(=O)N2C)C(=O)NC=O. The number of esters is 1. The van der Waals surface area contributed by atoms with E-state index in [0.717, 1.165) is 16.9 Å². The van der Waals surface area contributed by atoms with Gasteiger partial charge in [-0.25, -0.2) is 4.79 Å². The highest BCUT2D eigenvalue weighted by Crippen LogP contribution is 2.30. The largest absolute Gasteiger partial charge is 0.462 e. The summed E-state index contributed by atoms with van der Waals surface area (Å²) >= 11 is 0. The maximum atomic E-state index is 12.0. The molecular formula is C18H21N3O5. The van der Waals surface area contributed by atoms with E-state index in [1.807, 2.05) is 17.4 Å². The Balaban J connectivity index is 2.33. The lowest BCUT2D eigenvalue weighted by atomic mass is 10.0. The smallest absolute Gasteiger partial charge is 0.345 e. The van der Waals surface area contributed by atoms with Crippen molar-refractivity contribution in [1.82, 2.24) is 5.32 Å². The van der Waals surface area contributed by atoms with Crippen LogP contribution in [0.2, 0.25) is 0 Å². The average Bonchev–Trinajstić information content (AvgIpc) is 2.62. The fourth-order valence-electron chi connectivity index (χ4n) is 2.67. The Labute approximate surface area is 151 Å². The average molecular weight is 359 g/mol. The van der Waals surface area contributed by atoms with Gasteiger partial charge in [-0.1, -0.05) is 0 Å². The van der Waals surface area contributed by atoms with E-state index < -0.39 is 11.9 Å². The number of anilines is 2. The number of amides is 3. The van der Waals surface area contributed by atoms with E-state index in [2.05, 4.69) is 0 Å². The molecule has 1 heterocycles. The van der Waals surface area contributed by atoms with Crippen LogP contribution in [0.1, 0.15) is 18.9 Å². The van der Waals surface area contributed by atoms with Crippen LogP contribution in [0.25, 0.3) is 0 Å². The minimum absolute atomic E-state index is 0.0635. The van der Waals surface area contributed by atoms with Crippen molar-refractivity contribution < 1.29 is 23.9 Å². The zero-order valence-corrected chi connectivity index (χ0v) is 14.9. The summed E-state index contributed by atoms with van der Waals surface area (Å²) in [5.74, 6) is -1.59. The van der Waals surface area contributed by atoms with E-state index in [1.54, 1.807) is 36.9 Å². The molecule has 1 aliphatic heterocycles. The fraction of sp³-hybridized carbons (Fsp3) is 0.333. The van der Waals surface area contributed by atoms with Gasteiger partial charge < -0.3 is 14.5 Å². The number of aryl methyl sites for hydroxylation is 1. The van der Waals surface area contributed by atoms with E-state index in [4.69, 9.17) is 4.74 Å². The molecule has 0 aliphatic carbocycles. The molecule has 26 heavy (non-hydrogen) atoms. The Bertz CT molecular complexity index is 772. The van der Waals surface area contributed by atoms with Crippen molar-refractivity contribution in [2.45, 2.75) is 19.8 Å². The lowest BCUT2D eigenvalue weighted by Crippen LogP contribution is -2.31. The molecule has 1 aromatic carbocycles. The first-order valence-electron chi connectivity index (χ1n) is 8.14. The number of benzene rings is 1. The molecule has 1 aromatic rings. The van der Waals surface area contributed by atoms with Crippen molar-refractivity contribution >= 4 is 35.6 Å². The number of carbonyl (C=O) groups is 4. The number of nitrogens with one attached hydrogen (secondary N) is 1. The van der Waals surface area contributed by atoms with Gasteiger partial charge in [0.05, 0.1) is 6.61 Å². The first kappa shape index (κ1) is 19.2. The second-order valence-electron chi connectivity index (χ2n) is 5.73. The quantitative estimate of drug-likeness (QED) is 0.265. The molecule has 3 amide bonds. The zero-order chi connectivity index (χ0) is 19.3. The number of fused-ring (bicyclic) bond motifs is 1. The minimum atomic E-state index is -0.839. The van der Waals surface area contributed by atoms with E-state index in [-0.39, 0.29) is 24.5 Å². The van der Waals surface area contributed by atoms with Gasteiger partial charge in [0.25, 0.3) is 5.91 Å². The van der Waals surface area contributed by atoms with Gasteiger partial charge in [0.15, 0.2) is 0 Å². The van der Waals surface area contributed by atoms with Gasteiger partial charge in [0.1, 0.15) is 5.57 Å². The summed E-state index contributed by atoms with van der Waals surface area (Å²) in [6, 6.07) is 5.50. The summed E-state index contributed by atoms with van der Waals surface area (Å²) in [5, 5.41) is 1.94. The molecule has 1 N–H and O–H groups in total. The van der Waals surface area contributed by atoms with Gasteiger partial charge in [-0.3, -0.25) is 19.7 Å². The topological polar surface area (TPSA) is 96.0 Å². The lowest BCUT2D eigenvalue weighted by Gasteiger charge is -2.27. The predicted molar refractivity (Wildman–Crippen MR) is 95.5 cm³/mol. The molecule has 0 radical (unpaired) electrons. The molecule has 0 bridgehead atoms. The van der Waals surface area contributed by atoms with Crippen LogP contribution in [-0.4, -0.2) is 44.9 Å². The molecule has 138 valence electrons. The van der Waals surface area contributed by atoms with Crippen molar-refractivity contribution in [3.8, 4) is 0 Å². The summed E-state index contributed by atoms with van der Waals surface area (Å²) in [4.78, 5) is 49.5. The highest BCUT2D eigenvalue weighted by Gasteiger charge is 2.23. The van der Waals surface area contributed by atoms with Gasteiger partial charge in [-0.2, -0.15) is 0 Å². The zero-order valence-electron chi connectivity index (χ0n) is 14.9. The number of hydrogen-bond donors (Lipinski definition) is 1. The fourth-order valence-corrected chi connectivity index (χ4v) is 2.67. The third-order valence-electron chi connectivity index (χ3n) is 4.07. The molecule has 0 unspecified atom stereocenters. The normalized spacial score (nSPS) is 13.7. The van der Waals surface area contributed by atoms with Gasteiger partial charge in [0, 0.05) is 38.1 Å². The first-order chi connectivity index (χ1) is 12.4. The molecular weight excluding hydrogens is 338 g/mol. The molecule has 0 aromatic heterocycles. The molecule has 0 saturated carbocycles. The van der Waals surface area contributed by atoms with Crippen molar-refractivity contribution in [2.75, 3.05) is 30.5 Å². The summed E-state index contributed by atoms with van der Waals surface area (Å²) in [7, 11) is 3.40. The van der Waals surface area contributed by atoms with Crippen LogP contribution >= 0.6 is 0 Å². The van der Waals surface area contributed by atoms with Gasteiger partial charge in [-0.05, 0) is 37.1 Å². The molecule has 0 spiro atoms. The van der Waals surface area contributed by atoms with Crippen LogP contribution in [0.15, 0.2) is 30.0 Å². The predicted octanol–water partition coefficient (Wildman–Crippen LogP) is 0.751. The Morgan fingerprint density at radius 1 is 1.35 bits per heavy atom. The lowest BCUT2D eigenvalue weighted by molar-refractivity contribution is -0.140. The Kier molecular flexibility index (Phi) is 6.11. The molecule has 8 heteroatoms. The number of hydrogen-bond acceptors (Lipinski definition) is 6. The number of imide groups is 1. The number of carbonyl (C=O) groups excluding carboxylic acids is 4. The number of nitrogens with zero attached hydrogens (tertiary/aromatic N) is 2. The van der Waals surface area contributed by atoms with Crippen LogP contribution in [0, 0.1) is 0 Å². The van der Waals surface area contributed by atoms with E-state index in [0.29, 0.717) is 12.8 Å². The minimum Gasteiger partial charge on any atom is -0.462 e. The number of ether oxygens (including phenoxy) is 1. The van der Waals surface area contributed by atoms with Crippen molar-refractivity contribution in [2.24, 2.45) is 0 Å². The second-order valence-corrected chi connectivity index (χ2v) is 5.73. The Morgan fingerprint density at radius 2 is 2.08 bits per heavy atom. The van der Waals surface area contributed by atoms with Crippen LogP contribution in [0.4, 0.5) is 11.4 Å².